The molecule has 0 aliphatic carbocycles. The Morgan fingerprint density at radius 2 is 1.92 bits per heavy atom. The number of aromatic nitrogens is 1. The van der Waals surface area contributed by atoms with Crippen molar-refractivity contribution >= 4 is 32.6 Å². The summed E-state index contributed by atoms with van der Waals surface area (Å²) in [7, 11) is 3.16. The van der Waals surface area contributed by atoms with Crippen LogP contribution in [0.4, 0.5) is 5.13 Å². The Bertz CT molecular complexity index is 952. The van der Waals surface area contributed by atoms with Crippen molar-refractivity contribution in [2.45, 2.75) is 13.8 Å². The fourth-order valence-electron chi connectivity index (χ4n) is 2.56. The van der Waals surface area contributed by atoms with Crippen molar-refractivity contribution in [3.63, 3.8) is 0 Å². The molecule has 136 valence electrons. The summed E-state index contributed by atoms with van der Waals surface area (Å²) < 4.78 is 17.1. The Hall–Kier alpha value is -2.80. The average molecular weight is 372 g/mol. The Kier molecular flexibility index (Phi) is 5.27. The zero-order chi connectivity index (χ0) is 18.7. The second kappa shape index (κ2) is 7.61. The molecule has 3 aromatic rings. The highest BCUT2D eigenvalue weighted by molar-refractivity contribution is 7.22. The van der Waals surface area contributed by atoms with Crippen LogP contribution in [0.15, 0.2) is 30.3 Å². The van der Waals surface area contributed by atoms with Gasteiger partial charge < -0.3 is 14.2 Å². The number of nitrogens with one attached hydrogen (secondary N) is 1. The first-order valence-electron chi connectivity index (χ1n) is 8.02. The average Bonchev–Trinajstić information content (AvgIpc) is 3.02. The van der Waals surface area contributed by atoms with Gasteiger partial charge in [-0.05, 0) is 31.5 Å². The number of amides is 1. The van der Waals surface area contributed by atoms with Crippen molar-refractivity contribution in [3.05, 3.63) is 41.5 Å². The zero-order valence-corrected chi connectivity index (χ0v) is 15.9. The molecule has 1 aromatic heterocycles. The maximum atomic E-state index is 12.2. The zero-order valence-electron chi connectivity index (χ0n) is 15.1. The molecule has 26 heavy (non-hydrogen) atoms. The minimum Gasteiger partial charge on any atom is -0.497 e. The van der Waals surface area contributed by atoms with Gasteiger partial charge in [0.15, 0.2) is 11.7 Å². The van der Waals surface area contributed by atoms with Gasteiger partial charge in [-0.1, -0.05) is 29.0 Å². The summed E-state index contributed by atoms with van der Waals surface area (Å²) in [4.78, 5) is 16.6. The van der Waals surface area contributed by atoms with Gasteiger partial charge in [-0.25, -0.2) is 4.98 Å². The minimum atomic E-state index is -0.269. The largest absolute Gasteiger partial charge is 0.497 e. The van der Waals surface area contributed by atoms with E-state index in [9.17, 15) is 4.79 Å². The number of fused-ring (bicyclic) bond motifs is 1. The number of rotatable bonds is 6. The van der Waals surface area contributed by atoms with E-state index in [-0.39, 0.29) is 12.5 Å². The van der Waals surface area contributed by atoms with E-state index in [1.54, 1.807) is 20.3 Å². The Morgan fingerprint density at radius 3 is 2.62 bits per heavy atom. The van der Waals surface area contributed by atoms with Crippen molar-refractivity contribution in [3.8, 4) is 17.2 Å². The van der Waals surface area contributed by atoms with Crippen molar-refractivity contribution in [2.24, 2.45) is 0 Å². The van der Waals surface area contributed by atoms with E-state index < -0.39 is 0 Å². The summed E-state index contributed by atoms with van der Waals surface area (Å²) in [6.45, 7) is 3.88. The lowest BCUT2D eigenvalue weighted by Gasteiger charge is -2.09. The maximum absolute atomic E-state index is 12.2. The summed E-state index contributed by atoms with van der Waals surface area (Å²) in [5, 5.41) is 3.26. The van der Waals surface area contributed by atoms with Gasteiger partial charge in [-0.3, -0.25) is 10.1 Å². The van der Waals surface area contributed by atoms with E-state index in [4.69, 9.17) is 14.2 Å². The molecule has 0 aliphatic rings. The van der Waals surface area contributed by atoms with Crippen LogP contribution >= 0.6 is 11.3 Å². The first-order chi connectivity index (χ1) is 12.5. The molecule has 0 radical (unpaired) electrons. The highest BCUT2D eigenvalue weighted by atomic mass is 32.1. The lowest BCUT2D eigenvalue weighted by Crippen LogP contribution is -2.20. The number of carbonyl (C=O) groups is 1. The fraction of sp³-hybridized carbons (Fsp3) is 0.263. The number of carbonyl (C=O) groups excluding carboxylic acids is 1. The summed E-state index contributed by atoms with van der Waals surface area (Å²) in [5.41, 5.74) is 2.83. The number of benzene rings is 2. The van der Waals surface area contributed by atoms with Crippen LogP contribution in [0.3, 0.4) is 0 Å². The standard InChI is InChI=1S/C19H20N2O4S/c1-11-5-6-14(12(2)7-11)25-10-17(22)20-19-21-18-15(24-4)8-13(23-3)9-16(18)26-19/h5-9H,10H2,1-4H3,(H,20,21,22). The van der Waals surface area contributed by atoms with Gasteiger partial charge >= 0.3 is 0 Å². The van der Waals surface area contributed by atoms with Gasteiger partial charge in [0.1, 0.15) is 22.8 Å². The molecule has 3 rings (SSSR count). The highest BCUT2D eigenvalue weighted by Gasteiger charge is 2.14. The molecule has 0 saturated carbocycles. The van der Waals surface area contributed by atoms with Crippen LogP contribution in [0.2, 0.25) is 0 Å². The summed E-state index contributed by atoms with van der Waals surface area (Å²) in [6, 6.07) is 9.45. The monoisotopic (exact) mass is 372 g/mol. The van der Waals surface area contributed by atoms with Crippen LogP contribution in [0.25, 0.3) is 10.2 Å². The molecule has 0 aliphatic heterocycles. The van der Waals surface area contributed by atoms with E-state index in [1.807, 2.05) is 38.1 Å². The molecular formula is C19H20N2O4S. The number of anilines is 1. The molecule has 1 amide bonds. The lowest BCUT2D eigenvalue weighted by molar-refractivity contribution is -0.118. The third kappa shape index (κ3) is 3.88. The smallest absolute Gasteiger partial charge is 0.264 e. The molecule has 0 saturated heterocycles. The molecule has 7 heteroatoms. The molecule has 2 aromatic carbocycles. The molecule has 0 bridgehead atoms. The van der Waals surface area contributed by atoms with Crippen molar-refractivity contribution < 1.29 is 19.0 Å². The number of ether oxygens (including phenoxy) is 3. The molecular weight excluding hydrogens is 352 g/mol. The van der Waals surface area contributed by atoms with Gasteiger partial charge in [0.25, 0.3) is 5.91 Å². The molecule has 1 heterocycles. The van der Waals surface area contributed by atoms with Gasteiger partial charge in [-0.15, -0.1) is 0 Å². The first-order valence-corrected chi connectivity index (χ1v) is 8.84. The van der Waals surface area contributed by atoms with Crippen LogP contribution in [0.1, 0.15) is 11.1 Å². The number of methoxy groups -OCH3 is 2. The molecule has 0 unspecified atom stereocenters. The van der Waals surface area contributed by atoms with Gasteiger partial charge in [0, 0.05) is 6.07 Å². The Balaban J connectivity index is 1.71. The number of aryl methyl sites for hydroxylation is 2. The number of hydrogen-bond acceptors (Lipinski definition) is 6. The quantitative estimate of drug-likeness (QED) is 0.709. The normalized spacial score (nSPS) is 10.6. The second-order valence-electron chi connectivity index (χ2n) is 5.80. The SMILES string of the molecule is COc1cc(OC)c2nc(NC(=O)COc3ccc(C)cc3C)sc2c1. The molecule has 1 N–H and O–H groups in total. The van der Waals surface area contributed by atoms with Crippen LogP contribution in [0, 0.1) is 13.8 Å². The van der Waals surface area contributed by atoms with Crippen molar-refractivity contribution in [2.75, 3.05) is 26.1 Å². The maximum Gasteiger partial charge on any atom is 0.264 e. The predicted molar refractivity (Wildman–Crippen MR) is 103 cm³/mol. The van der Waals surface area contributed by atoms with Crippen LogP contribution in [-0.4, -0.2) is 31.7 Å². The van der Waals surface area contributed by atoms with Gasteiger partial charge in [0.05, 0.1) is 18.9 Å². The molecule has 0 fully saturated rings. The summed E-state index contributed by atoms with van der Waals surface area (Å²) >= 11 is 1.35. The van der Waals surface area contributed by atoms with Crippen molar-refractivity contribution in [1.82, 2.24) is 4.98 Å². The number of thiazole rings is 1. The molecule has 0 spiro atoms. The second-order valence-corrected chi connectivity index (χ2v) is 6.83. The van der Waals surface area contributed by atoms with E-state index in [2.05, 4.69) is 10.3 Å². The van der Waals surface area contributed by atoms with Crippen LogP contribution in [-0.2, 0) is 4.79 Å². The van der Waals surface area contributed by atoms with E-state index in [1.165, 1.54) is 11.3 Å². The minimum absolute atomic E-state index is 0.0831. The van der Waals surface area contributed by atoms with E-state index >= 15 is 0 Å². The number of nitrogens with zero attached hydrogens (tertiary/aromatic N) is 1. The lowest BCUT2D eigenvalue weighted by atomic mass is 10.1. The highest BCUT2D eigenvalue weighted by Crippen LogP contribution is 2.36. The molecule has 6 nitrogen and oxygen atoms in total. The van der Waals surface area contributed by atoms with Crippen LogP contribution < -0.4 is 19.5 Å². The van der Waals surface area contributed by atoms with E-state index in [0.717, 1.165) is 15.8 Å². The summed E-state index contributed by atoms with van der Waals surface area (Å²) in [5.74, 6) is 1.70. The van der Waals surface area contributed by atoms with Gasteiger partial charge in [-0.2, -0.15) is 0 Å². The van der Waals surface area contributed by atoms with Crippen molar-refractivity contribution in [1.29, 1.82) is 0 Å². The van der Waals surface area contributed by atoms with E-state index in [0.29, 0.717) is 27.9 Å². The topological polar surface area (TPSA) is 69.7 Å². The summed E-state index contributed by atoms with van der Waals surface area (Å²) in [6.07, 6.45) is 0. The predicted octanol–water partition coefficient (Wildman–Crippen LogP) is 3.95. The first kappa shape index (κ1) is 18.0. The fourth-order valence-corrected chi connectivity index (χ4v) is 3.49. The van der Waals surface area contributed by atoms with Crippen LogP contribution in [0.5, 0.6) is 17.2 Å². The van der Waals surface area contributed by atoms with Gasteiger partial charge in [0.2, 0.25) is 0 Å². The third-order valence-electron chi connectivity index (χ3n) is 3.82. The Morgan fingerprint density at radius 1 is 1.12 bits per heavy atom. The third-order valence-corrected chi connectivity index (χ3v) is 4.74. The molecule has 0 atom stereocenters. The number of hydrogen-bond donors (Lipinski definition) is 1. The Labute approximate surface area is 155 Å².